The molecule has 0 aromatic carbocycles. The fraction of sp³-hybridized carbons (Fsp3) is 0.444. The monoisotopic (exact) mass is 313 g/mol. The van der Waals surface area contributed by atoms with Crippen LogP contribution in [0.15, 0.2) is 12.1 Å². The minimum Gasteiger partial charge on any atom is -0.390 e. The molecule has 1 heterocycles. The van der Waals surface area contributed by atoms with Crippen molar-refractivity contribution in [2.24, 2.45) is 0 Å². The Bertz CT molecular complexity index is 338. The fourth-order valence-corrected chi connectivity index (χ4v) is 2.05. The van der Waals surface area contributed by atoms with Gasteiger partial charge in [0.15, 0.2) is 0 Å². The molecular formula is C9H10BrCl2NO2. The number of rotatable bonds is 4. The Hall–Kier alpha value is 0.130. The van der Waals surface area contributed by atoms with Crippen LogP contribution in [0.4, 0.5) is 0 Å². The molecule has 0 radical (unpaired) electrons. The zero-order valence-electron chi connectivity index (χ0n) is 7.70. The van der Waals surface area contributed by atoms with Crippen molar-refractivity contribution >= 4 is 39.1 Å². The van der Waals surface area contributed by atoms with E-state index in [0.29, 0.717) is 17.3 Å². The first kappa shape index (κ1) is 13.2. The second kappa shape index (κ2) is 6.01. The zero-order valence-corrected chi connectivity index (χ0v) is 10.8. The molecule has 0 spiro atoms. The quantitative estimate of drug-likeness (QED) is 0.663. The maximum atomic E-state index is 9.75. The van der Waals surface area contributed by atoms with Gasteiger partial charge in [-0.2, -0.15) is 0 Å². The predicted octanol–water partition coefficient (Wildman–Crippen LogP) is 2.57. The van der Waals surface area contributed by atoms with Gasteiger partial charge < -0.3 is 10.2 Å². The van der Waals surface area contributed by atoms with E-state index in [1.807, 2.05) is 0 Å². The van der Waals surface area contributed by atoms with Gasteiger partial charge in [0, 0.05) is 10.9 Å². The van der Waals surface area contributed by atoms with Crippen molar-refractivity contribution in [2.45, 2.75) is 18.6 Å². The minimum absolute atomic E-state index is 0.114. The molecule has 2 unspecified atom stereocenters. The summed E-state index contributed by atoms with van der Waals surface area (Å²) in [5.74, 6) is 0. The van der Waals surface area contributed by atoms with E-state index in [1.54, 1.807) is 6.07 Å². The van der Waals surface area contributed by atoms with Crippen molar-refractivity contribution in [3.8, 4) is 0 Å². The molecule has 0 fully saturated rings. The molecule has 2 atom stereocenters. The van der Waals surface area contributed by atoms with Gasteiger partial charge in [-0.1, -0.05) is 45.2 Å². The van der Waals surface area contributed by atoms with Gasteiger partial charge in [-0.25, -0.2) is 4.98 Å². The lowest BCUT2D eigenvalue weighted by atomic mass is 10.0. The van der Waals surface area contributed by atoms with Gasteiger partial charge in [0.2, 0.25) is 0 Å². The molecule has 0 aliphatic carbocycles. The van der Waals surface area contributed by atoms with Gasteiger partial charge in [0.25, 0.3) is 0 Å². The molecule has 1 aromatic heterocycles. The van der Waals surface area contributed by atoms with E-state index in [4.69, 9.17) is 23.2 Å². The first-order chi connectivity index (χ1) is 7.06. The predicted molar refractivity (Wildman–Crippen MR) is 63.6 cm³/mol. The number of hydrogen-bond donors (Lipinski definition) is 2. The summed E-state index contributed by atoms with van der Waals surface area (Å²) >= 11 is 14.6. The Balaban J connectivity index is 2.86. The fourth-order valence-electron chi connectivity index (χ4n) is 1.12. The average molecular weight is 315 g/mol. The van der Waals surface area contributed by atoms with Crippen molar-refractivity contribution < 1.29 is 10.2 Å². The van der Waals surface area contributed by atoms with Crippen LogP contribution in [0.1, 0.15) is 18.1 Å². The van der Waals surface area contributed by atoms with Gasteiger partial charge in [-0.15, -0.1) is 0 Å². The summed E-state index contributed by atoms with van der Waals surface area (Å²) in [5.41, 5.74) is 0.384. The van der Waals surface area contributed by atoms with Gasteiger partial charge in [0.05, 0.1) is 6.10 Å². The Labute approximate surface area is 106 Å². The molecule has 2 N–H and O–H groups in total. The SMILES string of the molecule is OC(CCBr)C(O)c1ccc(Cl)nc1Cl. The molecule has 0 aliphatic rings. The van der Waals surface area contributed by atoms with Gasteiger partial charge in [0.1, 0.15) is 16.4 Å². The number of aliphatic hydroxyl groups excluding tert-OH is 2. The van der Waals surface area contributed by atoms with E-state index in [0.717, 1.165) is 0 Å². The summed E-state index contributed by atoms with van der Waals surface area (Å²) in [6.07, 6.45) is -1.48. The van der Waals surface area contributed by atoms with Crippen LogP contribution in [0.3, 0.4) is 0 Å². The zero-order chi connectivity index (χ0) is 11.4. The minimum atomic E-state index is -1.04. The Kier molecular flexibility index (Phi) is 5.29. The average Bonchev–Trinajstić information content (AvgIpc) is 2.17. The van der Waals surface area contributed by atoms with Crippen molar-refractivity contribution in [3.63, 3.8) is 0 Å². The van der Waals surface area contributed by atoms with E-state index in [9.17, 15) is 10.2 Å². The summed E-state index contributed by atoms with van der Waals surface area (Å²) in [4.78, 5) is 3.79. The number of nitrogens with zero attached hydrogens (tertiary/aromatic N) is 1. The highest BCUT2D eigenvalue weighted by Gasteiger charge is 2.20. The van der Waals surface area contributed by atoms with Crippen LogP contribution in [0, 0.1) is 0 Å². The Morgan fingerprint density at radius 3 is 2.53 bits per heavy atom. The molecule has 0 aliphatic heterocycles. The first-order valence-corrected chi connectivity index (χ1v) is 6.18. The molecule has 1 aromatic rings. The summed E-state index contributed by atoms with van der Waals surface area (Å²) in [6, 6.07) is 3.08. The molecule has 15 heavy (non-hydrogen) atoms. The maximum absolute atomic E-state index is 9.75. The second-order valence-electron chi connectivity index (χ2n) is 3.00. The van der Waals surface area contributed by atoms with Crippen molar-refractivity contribution in [1.82, 2.24) is 4.98 Å². The third-order valence-electron chi connectivity index (χ3n) is 1.93. The van der Waals surface area contributed by atoms with Gasteiger partial charge in [-0.3, -0.25) is 0 Å². The van der Waals surface area contributed by atoms with E-state index < -0.39 is 12.2 Å². The van der Waals surface area contributed by atoms with E-state index in [-0.39, 0.29) is 10.3 Å². The van der Waals surface area contributed by atoms with Crippen molar-refractivity contribution in [3.05, 3.63) is 28.0 Å². The maximum Gasteiger partial charge on any atom is 0.136 e. The molecule has 1 rings (SSSR count). The smallest absolute Gasteiger partial charge is 0.136 e. The van der Waals surface area contributed by atoms with Crippen LogP contribution < -0.4 is 0 Å². The molecule has 0 bridgehead atoms. The lowest BCUT2D eigenvalue weighted by Gasteiger charge is -2.17. The highest BCUT2D eigenvalue weighted by Crippen LogP contribution is 2.26. The second-order valence-corrected chi connectivity index (χ2v) is 4.54. The molecule has 3 nitrogen and oxygen atoms in total. The Morgan fingerprint density at radius 2 is 2.00 bits per heavy atom. The lowest BCUT2D eigenvalue weighted by molar-refractivity contribution is 0.0172. The normalized spacial score (nSPS) is 15.0. The molecule has 0 saturated carbocycles. The third-order valence-corrected chi connectivity index (χ3v) is 2.90. The number of aliphatic hydroxyl groups is 2. The molecule has 0 saturated heterocycles. The highest BCUT2D eigenvalue weighted by molar-refractivity contribution is 9.09. The molecule has 84 valence electrons. The van der Waals surface area contributed by atoms with Crippen LogP contribution in [-0.2, 0) is 0 Å². The topological polar surface area (TPSA) is 53.4 Å². The first-order valence-electron chi connectivity index (χ1n) is 4.30. The van der Waals surface area contributed by atoms with Gasteiger partial charge in [-0.05, 0) is 12.5 Å². The largest absolute Gasteiger partial charge is 0.390 e. The number of hydrogen-bond acceptors (Lipinski definition) is 3. The number of halogens is 3. The van der Waals surface area contributed by atoms with E-state index >= 15 is 0 Å². The summed E-state index contributed by atoms with van der Waals surface area (Å²) in [7, 11) is 0. The lowest BCUT2D eigenvalue weighted by Crippen LogP contribution is -2.19. The van der Waals surface area contributed by atoms with Crippen LogP contribution in [0.5, 0.6) is 0 Å². The van der Waals surface area contributed by atoms with Crippen LogP contribution in [0.25, 0.3) is 0 Å². The Morgan fingerprint density at radius 1 is 1.33 bits per heavy atom. The molecule has 6 heteroatoms. The van der Waals surface area contributed by atoms with Crippen LogP contribution >= 0.6 is 39.1 Å². The van der Waals surface area contributed by atoms with Crippen molar-refractivity contribution in [1.29, 1.82) is 0 Å². The van der Waals surface area contributed by atoms with Crippen LogP contribution in [0.2, 0.25) is 10.3 Å². The summed E-state index contributed by atoms with van der Waals surface area (Å²) in [6.45, 7) is 0. The number of pyridine rings is 1. The number of alkyl halides is 1. The standard InChI is InChI=1S/C9H10BrCl2NO2/c10-4-3-6(14)8(15)5-1-2-7(11)13-9(5)12/h1-2,6,8,14-15H,3-4H2. The highest BCUT2D eigenvalue weighted by atomic mass is 79.9. The van der Waals surface area contributed by atoms with Crippen molar-refractivity contribution in [2.75, 3.05) is 5.33 Å². The molecular weight excluding hydrogens is 305 g/mol. The summed E-state index contributed by atoms with van der Waals surface area (Å²) < 4.78 is 0. The molecule has 0 amide bonds. The van der Waals surface area contributed by atoms with Crippen LogP contribution in [-0.4, -0.2) is 26.6 Å². The van der Waals surface area contributed by atoms with E-state index in [2.05, 4.69) is 20.9 Å². The van der Waals surface area contributed by atoms with E-state index in [1.165, 1.54) is 6.07 Å². The third kappa shape index (κ3) is 3.57. The number of aromatic nitrogens is 1. The summed E-state index contributed by atoms with van der Waals surface area (Å²) in [5, 5.41) is 20.3. The van der Waals surface area contributed by atoms with Gasteiger partial charge >= 0.3 is 0 Å².